The van der Waals surface area contributed by atoms with Crippen LogP contribution in [0, 0.1) is 0 Å². The lowest BCUT2D eigenvalue weighted by Gasteiger charge is -2.46. The summed E-state index contributed by atoms with van der Waals surface area (Å²) in [4.78, 5) is 25.3. The fourth-order valence-electron chi connectivity index (χ4n) is 4.85. The molecular formula is C30H62N4O2. The first-order valence-electron chi connectivity index (χ1n) is 15.5. The molecule has 2 amide bonds. The second-order valence-electron chi connectivity index (χ2n) is 10.9. The summed E-state index contributed by atoms with van der Waals surface area (Å²) in [6.45, 7) is 8.29. The summed E-state index contributed by atoms with van der Waals surface area (Å²) in [6, 6.07) is 0. The van der Waals surface area contributed by atoms with Crippen LogP contribution < -0.4 is 22.1 Å². The topological polar surface area (TPSA) is 110 Å². The van der Waals surface area contributed by atoms with Crippen LogP contribution in [0.15, 0.2) is 0 Å². The molecule has 0 saturated heterocycles. The molecule has 36 heavy (non-hydrogen) atoms. The highest BCUT2D eigenvalue weighted by Gasteiger charge is 2.45. The fourth-order valence-corrected chi connectivity index (χ4v) is 4.85. The van der Waals surface area contributed by atoms with Crippen molar-refractivity contribution >= 4 is 11.8 Å². The summed E-state index contributed by atoms with van der Waals surface area (Å²) in [6.07, 6.45) is 23.6. The van der Waals surface area contributed by atoms with Crippen LogP contribution >= 0.6 is 0 Å². The van der Waals surface area contributed by atoms with Crippen LogP contribution in [0.3, 0.4) is 0 Å². The number of nitrogens with one attached hydrogen (secondary N) is 2. The summed E-state index contributed by atoms with van der Waals surface area (Å²) < 4.78 is 0. The first-order valence-corrected chi connectivity index (χ1v) is 15.5. The highest BCUT2D eigenvalue weighted by Crippen LogP contribution is 2.21. The van der Waals surface area contributed by atoms with Gasteiger partial charge in [0.15, 0.2) is 0 Å². The summed E-state index contributed by atoms with van der Waals surface area (Å²) in [5.74, 6) is -0.169. The van der Waals surface area contributed by atoms with E-state index in [1.807, 2.05) is 13.8 Å². The second kappa shape index (κ2) is 21.9. The van der Waals surface area contributed by atoms with Gasteiger partial charge in [0.25, 0.3) is 0 Å². The molecule has 0 rings (SSSR count). The molecule has 0 heterocycles. The van der Waals surface area contributed by atoms with Gasteiger partial charge in [-0.05, 0) is 25.7 Å². The number of rotatable bonds is 25. The van der Waals surface area contributed by atoms with Gasteiger partial charge in [-0.2, -0.15) is 0 Å². The first kappa shape index (κ1) is 34.9. The lowest BCUT2D eigenvalue weighted by Crippen LogP contribution is -2.79. The molecule has 2 unspecified atom stereocenters. The maximum absolute atomic E-state index is 12.7. The number of unbranched alkanes of at least 4 members (excludes halogenated alkanes) is 16. The molecule has 0 aliphatic heterocycles. The quantitative estimate of drug-likeness (QED) is 0.0769. The van der Waals surface area contributed by atoms with Crippen LogP contribution in [0.25, 0.3) is 0 Å². The van der Waals surface area contributed by atoms with E-state index >= 15 is 0 Å². The van der Waals surface area contributed by atoms with Crippen molar-refractivity contribution in [3.63, 3.8) is 0 Å². The van der Waals surface area contributed by atoms with Crippen LogP contribution in [-0.2, 0) is 9.59 Å². The smallest absolute Gasteiger partial charge is 0.221 e. The van der Waals surface area contributed by atoms with Crippen molar-refractivity contribution < 1.29 is 9.59 Å². The van der Waals surface area contributed by atoms with Gasteiger partial charge in [-0.15, -0.1) is 0 Å². The molecule has 6 heteroatoms. The monoisotopic (exact) mass is 510 g/mol. The maximum atomic E-state index is 12.7. The number of carbonyl (C=O) groups is 2. The molecule has 0 aromatic rings. The van der Waals surface area contributed by atoms with Crippen LogP contribution in [0.1, 0.15) is 169 Å². The van der Waals surface area contributed by atoms with E-state index in [2.05, 4.69) is 24.5 Å². The average molecular weight is 511 g/mol. The van der Waals surface area contributed by atoms with E-state index in [1.165, 1.54) is 89.9 Å². The van der Waals surface area contributed by atoms with E-state index in [9.17, 15) is 9.59 Å². The highest BCUT2D eigenvalue weighted by molar-refractivity contribution is 5.78. The van der Waals surface area contributed by atoms with Gasteiger partial charge in [-0.1, -0.05) is 130 Å². The predicted octanol–water partition coefficient (Wildman–Crippen LogP) is 7.19. The Balaban J connectivity index is 4.33. The molecule has 0 aliphatic carbocycles. The Kier molecular flexibility index (Phi) is 21.2. The van der Waals surface area contributed by atoms with Gasteiger partial charge in [0.1, 0.15) is 11.3 Å². The van der Waals surface area contributed by atoms with E-state index in [0.29, 0.717) is 25.7 Å². The Morgan fingerprint density at radius 1 is 0.472 bits per heavy atom. The normalized spacial score (nSPS) is 14.7. The number of nitrogens with two attached hydrogens (primary N) is 2. The Labute approximate surface area is 223 Å². The Morgan fingerprint density at radius 3 is 0.972 bits per heavy atom. The molecule has 0 aromatic carbocycles. The lowest BCUT2D eigenvalue weighted by atomic mass is 9.88. The molecule has 2 atom stereocenters. The minimum absolute atomic E-state index is 0.0845. The van der Waals surface area contributed by atoms with Gasteiger partial charge in [0.05, 0.1) is 0 Å². The minimum Gasteiger partial charge on any atom is -0.335 e. The molecule has 0 saturated carbocycles. The SMILES string of the molecule is CCCCCCCCCCCC(=O)NC(N)(CC)C(N)(CC)NC(=O)CCCCCCCCCCC. The van der Waals surface area contributed by atoms with Crippen molar-refractivity contribution in [2.75, 3.05) is 0 Å². The first-order chi connectivity index (χ1) is 17.3. The average Bonchev–Trinajstić information content (AvgIpc) is 2.86. The van der Waals surface area contributed by atoms with Crippen molar-refractivity contribution in [1.29, 1.82) is 0 Å². The summed E-state index contributed by atoms with van der Waals surface area (Å²) in [5, 5.41) is 5.94. The minimum atomic E-state index is -1.17. The zero-order chi connectivity index (χ0) is 27.1. The number of hydrogen-bond acceptors (Lipinski definition) is 4. The van der Waals surface area contributed by atoms with Crippen LogP contribution in [0.2, 0.25) is 0 Å². The zero-order valence-corrected chi connectivity index (χ0v) is 24.5. The zero-order valence-electron chi connectivity index (χ0n) is 24.5. The van der Waals surface area contributed by atoms with E-state index < -0.39 is 11.3 Å². The third-order valence-corrected chi connectivity index (χ3v) is 7.65. The van der Waals surface area contributed by atoms with Gasteiger partial charge >= 0.3 is 0 Å². The van der Waals surface area contributed by atoms with Crippen molar-refractivity contribution in [3.8, 4) is 0 Å². The van der Waals surface area contributed by atoms with Crippen LogP contribution in [0.5, 0.6) is 0 Å². The van der Waals surface area contributed by atoms with E-state index in [4.69, 9.17) is 11.5 Å². The van der Waals surface area contributed by atoms with Gasteiger partial charge in [0, 0.05) is 12.8 Å². The standard InChI is InChI=1S/C30H62N4O2/c1-5-9-11-13-15-17-19-21-23-25-27(35)33-29(31,7-3)30(32,8-4)34-28(36)26-24-22-20-18-16-14-12-10-6-2/h5-26,31-32H2,1-4H3,(H,33,35)(H,34,36). The van der Waals surface area contributed by atoms with Crippen LogP contribution in [-0.4, -0.2) is 23.1 Å². The molecule has 214 valence electrons. The number of hydrogen-bond donors (Lipinski definition) is 4. The van der Waals surface area contributed by atoms with E-state index in [-0.39, 0.29) is 11.8 Å². The summed E-state index contributed by atoms with van der Waals surface area (Å²) in [7, 11) is 0. The fraction of sp³-hybridized carbons (Fsp3) is 0.933. The third-order valence-electron chi connectivity index (χ3n) is 7.65. The maximum Gasteiger partial charge on any atom is 0.221 e. The van der Waals surface area contributed by atoms with Gasteiger partial charge in [-0.3, -0.25) is 9.59 Å². The summed E-state index contributed by atoms with van der Waals surface area (Å²) in [5.41, 5.74) is 10.9. The second-order valence-corrected chi connectivity index (χ2v) is 10.9. The lowest BCUT2D eigenvalue weighted by molar-refractivity contribution is -0.129. The molecule has 0 spiro atoms. The molecule has 6 nitrogen and oxygen atoms in total. The summed E-state index contributed by atoms with van der Waals surface area (Å²) >= 11 is 0. The van der Waals surface area contributed by atoms with E-state index in [0.717, 1.165) is 25.7 Å². The van der Waals surface area contributed by atoms with Crippen molar-refractivity contribution in [2.24, 2.45) is 11.5 Å². The van der Waals surface area contributed by atoms with Crippen molar-refractivity contribution in [2.45, 2.75) is 180 Å². The highest BCUT2D eigenvalue weighted by atomic mass is 16.2. The molecule has 0 aromatic heterocycles. The van der Waals surface area contributed by atoms with E-state index in [1.54, 1.807) is 0 Å². The predicted molar refractivity (Wildman–Crippen MR) is 154 cm³/mol. The molecule has 0 fully saturated rings. The molecule has 0 bridgehead atoms. The largest absolute Gasteiger partial charge is 0.335 e. The Hall–Kier alpha value is -1.14. The van der Waals surface area contributed by atoms with Crippen molar-refractivity contribution in [1.82, 2.24) is 10.6 Å². The Bertz CT molecular complexity index is 509. The van der Waals surface area contributed by atoms with Gasteiger partial charge in [0.2, 0.25) is 11.8 Å². The molecule has 0 aliphatic rings. The van der Waals surface area contributed by atoms with Gasteiger partial charge < -0.3 is 22.1 Å². The van der Waals surface area contributed by atoms with Crippen molar-refractivity contribution in [3.05, 3.63) is 0 Å². The number of carbonyl (C=O) groups excluding carboxylic acids is 2. The number of amides is 2. The van der Waals surface area contributed by atoms with Crippen LogP contribution in [0.4, 0.5) is 0 Å². The Morgan fingerprint density at radius 2 is 0.722 bits per heavy atom. The molecule has 0 radical (unpaired) electrons. The molecule has 6 N–H and O–H groups in total. The third kappa shape index (κ3) is 15.9. The van der Waals surface area contributed by atoms with Gasteiger partial charge in [-0.25, -0.2) is 0 Å². The molecular weight excluding hydrogens is 448 g/mol.